The zero-order chi connectivity index (χ0) is 24.5. The third-order valence-corrected chi connectivity index (χ3v) is 5.89. The van der Waals surface area contributed by atoms with Crippen molar-refractivity contribution in [3.63, 3.8) is 0 Å². The Kier molecular flexibility index (Phi) is 5.76. The van der Waals surface area contributed by atoms with Gasteiger partial charge < -0.3 is 13.7 Å². The maximum atomic E-state index is 13.3. The lowest BCUT2D eigenvalue weighted by Crippen LogP contribution is -2.54. The second-order valence-electron chi connectivity index (χ2n) is 7.78. The summed E-state index contributed by atoms with van der Waals surface area (Å²) in [6, 6.07) is 19.8. The number of nitrogens with one attached hydrogen (secondary N) is 1. The van der Waals surface area contributed by atoms with Gasteiger partial charge >= 0.3 is 5.97 Å². The van der Waals surface area contributed by atoms with Crippen LogP contribution < -0.4 is 10.2 Å². The van der Waals surface area contributed by atoms with Gasteiger partial charge in [-0.25, -0.2) is 4.79 Å². The Morgan fingerprint density at radius 1 is 1.06 bits per heavy atom. The molecule has 1 saturated heterocycles. The van der Waals surface area contributed by atoms with Gasteiger partial charge in [0.1, 0.15) is 11.3 Å². The second-order valence-corrected chi connectivity index (χ2v) is 8.17. The SMILES string of the molecule is COC(=O)c1ccc(Cn2cc(/C=C3\C(=O)NC(=S)N(c4ccccc4)C3=O)c3ccccc32)o1. The van der Waals surface area contributed by atoms with Gasteiger partial charge in [0.2, 0.25) is 5.76 Å². The summed E-state index contributed by atoms with van der Waals surface area (Å²) in [4.78, 5) is 39.1. The third kappa shape index (κ3) is 4.13. The molecule has 174 valence electrons. The molecule has 5 rings (SSSR count). The standard InChI is InChI=1S/C26H19N3O5S/c1-33-25(32)22-12-11-18(34-22)15-28-14-16(19-9-5-6-10-21(19)28)13-20-23(30)27-26(35)29(24(20)31)17-7-3-2-4-8-17/h2-14H,15H2,1H3,(H,27,30,35)/b20-13+. The van der Waals surface area contributed by atoms with E-state index < -0.39 is 17.8 Å². The lowest BCUT2D eigenvalue weighted by Gasteiger charge is -2.28. The number of carbonyl (C=O) groups is 3. The van der Waals surface area contributed by atoms with Gasteiger partial charge in [-0.3, -0.25) is 19.8 Å². The molecule has 0 spiro atoms. The Balaban J connectivity index is 1.53. The van der Waals surface area contributed by atoms with Crippen LogP contribution in [0.1, 0.15) is 21.9 Å². The van der Waals surface area contributed by atoms with Gasteiger partial charge in [-0.05, 0) is 48.6 Å². The van der Waals surface area contributed by atoms with Crippen molar-refractivity contribution in [2.75, 3.05) is 12.0 Å². The van der Waals surface area contributed by atoms with Crippen LogP contribution in [0.15, 0.2) is 82.9 Å². The molecule has 0 bridgehead atoms. The topological polar surface area (TPSA) is 93.8 Å². The number of aromatic nitrogens is 1. The van der Waals surface area contributed by atoms with Crippen molar-refractivity contribution in [3.8, 4) is 0 Å². The highest BCUT2D eigenvalue weighted by Crippen LogP contribution is 2.27. The first-order valence-corrected chi connectivity index (χ1v) is 11.1. The molecule has 2 aromatic heterocycles. The van der Waals surface area contributed by atoms with Crippen LogP contribution in [-0.2, 0) is 20.9 Å². The fourth-order valence-electron chi connectivity index (χ4n) is 3.99. The molecule has 2 amide bonds. The highest BCUT2D eigenvalue weighted by atomic mass is 32.1. The van der Waals surface area contributed by atoms with E-state index in [0.717, 1.165) is 10.9 Å². The summed E-state index contributed by atoms with van der Waals surface area (Å²) in [5.74, 6) is -0.949. The number of benzene rings is 2. The molecule has 2 aromatic carbocycles. The lowest BCUT2D eigenvalue weighted by molar-refractivity contribution is -0.122. The first kappa shape index (κ1) is 22.3. The number of methoxy groups -OCH3 is 1. The van der Waals surface area contributed by atoms with Crippen LogP contribution in [0.4, 0.5) is 5.69 Å². The summed E-state index contributed by atoms with van der Waals surface area (Å²) < 4.78 is 12.2. The molecule has 0 unspecified atom stereocenters. The third-order valence-electron chi connectivity index (χ3n) is 5.61. The highest BCUT2D eigenvalue weighted by molar-refractivity contribution is 7.80. The van der Waals surface area contributed by atoms with Crippen LogP contribution >= 0.6 is 12.2 Å². The largest absolute Gasteiger partial charge is 0.463 e. The van der Waals surface area contributed by atoms with E-state index in [0.29, 0.717) is 23.6 Å². The predicted octanol–water partition coefficient (Wildman–Crippen LogP) is 3.90. The van der Waals surface area contributed by atoms with Crippen LogP contribution in [0, 0.1) is 0 Å². The van der Waals surface area contributed by atoms with E-state index in [2.05, 4.69) is 5.32 Å². The average Bonchev–Trinajstić information content (AvgIpc) is 3.47. The van der Waals surface area contributed by atoms with Gasteiger partial charge in [0, 0.05) is 22.7 Å². The minimum Gasteiger partial charge on any atom is -0.463 e. The monoisotopic (exact) mass is 485 g/mol. The van der Waals surface area contributed by atoms with Gasteiger partial charge in [0.05, 0.1) is 19.3 Å². The molecule has 9 heteroatoms. The minimum absolute atomic E-state index is 0.0312. The molecular formula is C26H19N3O5S. The number of para-hydroxylation sites is 2. The number of rotatable bonds is 5. The number of hydrogen-bond donors (Lipinski definition) is 1. The predicted molar refractivity (Wildman–Crippen MR) is 134 cm³/mol. The van der Waals surface area contributed by atoms with Crippen LogP contribution in [0.2, 0.25) is 0 Å². The zero-order valence-corrected chi connectivity index (χ0v) is 19.4. The normalized spacial score (nSPS) is 15.1. The van der Waals surface area contributed by atoms with Crippen LogP contribution in [0.25, 0.3) is 17.0 Å². The number of hydrogen-bond acceptors (Lipinski definition) is 6. The van der Waals surface area contributed by atoms with Crippen molar-refractivity contribution < 1.29 is 23.5 Å². The number of anilines is 1. The molecule has 1 N–H and O–H groups in total. The lowest BCUT2D eigenvalue weighted by atomic mass is 10.1. The van der Waals surface area contributed by atoms with Gasteiger partial charge in [-0.15, -0.1) is 0 Å². The molecule has 0 saturated carbocycles. The summed E-state index contributed by atoms with van der Waals surface area (Å²) in [6.07, 6.45) is 3.40. The molecule has 8 nitrogen and oxygen atoms in total. The average molecular weight is 486 g/mol. The van der Waals surface area contributed by atoms with Crippen LogP contribution in [-0.4, -0.2) is 34.6 Å². The van der Waals surface area contributed by atoms with Crippen LogP contribution in [0.5, 0.6) is 0 Å². The Morgan fingerprint density at radius 2 is 1.80 bits per heavy atom. The number of furan rings is 1. The van der Waals surface area contributed by atoms with E-state index in [1.54, 1.807) is 42.5 Å². The smallest absolute Gasteiger partial charge is 0.373 e. The van der Waals surface area contributed by atoms with E-state index in [9.17, 15) is 14.4 Å². The van der Waals surface area contributed by atoms with Crippen molar-refractivity contribution in [1.82, 2.24) is 9.88 Å². The van der Waals surface area contributed by atoms with E-state index in [1.807, 2.05) is 41.1 Å². The molecule has 1 aliphatic rings. The Morgan fingerprint density at radius 3 is 2.57 bits per heavy atom. The fourth-order valence-corrected chi connectivity index (χ4v) is 4.27. The maximum Gasteiger partial charge on any atom is 0.373 e. The molecule has 3 heterocycles. The number of fused-ring (bicyclic) bond motifs is 1. The summed E-state index contributed by atoms with van der Waals surface area (Å²) in [5, 5.41) is 3.49. The summed E-state index contributed by atoms with van der Waals surface area (Å²) in [6.45, 7) is 0.334. The van der Waals surface area contributed by atoms with E-state index >= 15 is 0 Å². The number of ether oxygens (including phenoxy) is 1. The van der Waals surface area contributed by atoms with E-state index in [4.69, 9.17) is 21.4 Å². The fraction of sp³-hybridized carbons (Fsp3) is 0.0769. The van der Waals surface area contributed by atoms with Crippen molar-refractivity contribution in [2.45, 2.75) is 6.54 Å². The number of thiocarbonyl (C=S) groups is 1. The number of esters is 1. The number of amides is 2. The summed E-state index contributed by atoms with van der Waals surface area (Å²) in [7, 11) is 1.29. The Labute approximate surface area is 205 Å². The van der Waals surface area contributed by atoms with Crippen molar-refractivity contribution in [1.29, 1.82) is 0 Å². The summed E-state index contributed by atoms with van der Waals surface area (Å²) in [5.41, 5.74) is 2.08. The Hall–Kier alpha value is -4.50. The molecular weight excluding hydrogens is 466 g/mol. The van der Waals surface area contributed by atoms with E-state index in [1.165, 1.54) is 12.0 Å². The van der Waals surface area contributed by atoms with Gasteiger partial charge in [0.15, 0.2) is 5.11 Å². The van der Waals surface area contributed by atoms with Crippen LogP contribution in [0.3, 0.4) is 0 Å². The molecule has 0 atom stereocenters. The number of carbonyl (C=O) groups excluding carboxylic acids is 3. The first-order valence-electron chi connectivity index (χ1n) is 10.7. The van der Waals surface area contributed by atoms with Crippen molar-refractivity contribution in [3.05, 3.63) is 95.6 Å². The van der Waals surface area contributed by atoms with Gasteiger partial charge in [0.25, 0.3) is 11.8 Å². The quantitative estimate of drug-likeness (QED) is 0.199. The second kappa shape index (κ2) is 9.03. The summed E-state index contributed by atoms with van der Waals surface area (Å²) >= 11 is 5.26. The zero-order valence-electron chi connectivity index (χ0n) is 18.6. The Bertz CT molecular complexity index is 1520. The van der Waals surface area contributed by atoms with Gasteiger partial charge in [-0.2, -0.15) is 0 Å². The molecule has 0 aliphatic carbocycles. The number of nitrogens with zero attached hydrogens (tertiary/aromatic N) is 2. The molecule has 4 aromatic rings. The highest BCUT2D eigenvalue weighted by Gasteiger charge is 2.34. The van der Waals surface area contributed by atoms with Crippen molar-refractivity contribution in [2.24, 2.45) is 0 Å². The minimum atomic E-state index is -0.558. The first-order chi connectivity index (χ1) is 17.0. The molecule has 0 radical (unpaired) electrons. The maximum absolute atomic E-state index is 13.3. The van der Waals surface area contributed by atoms with Crippen molar-refractivity contribution >= 4 is 57.8 Å². The molecule has 35 heavy (non-hydrogen) atoms. The van der Waals surface area contributed by atoms with E-state index in [-0.39, 0.29) is 16.4 Å². The molecule has 1 fully saturated rings. The molecule has 1 aliphatic heterocycles. The van der Waals surface area contributed by atoms with Gasteiger partial charge in [-0.1, -0.05) is 36.4 Å².